The molecule has 0 bridgehead atoms. The van der Waals surface area contributed by atoms with Crippen molar-refractivity contribution in [2.75, 3.05) is 13.2 Å². The number of aryl methyl sites for hydroxylation is 1. The van der Waals surface area contributed by atoms with E-state index in [1.165, 1.54) is 6.07 Å². The minimum absolute atomic E-state index is 0.255. The highest BCUT2D eigenvalue weighted by Gasteiger charge is 2.31. The van der Waals surface area contributed by atoms with Crippen molar-refractivity contribution in [1.29, 1.82) is 0 Å². The molecule has 0 aromatic heterocycles. The summed E-state index contributed by atoms with van der Waals surface area (Å²) in [6, 6.07) is 4.49. The van der Waals surface area contributed by atoms with Gasteiger partial charge in [-0.2, -0.15) is 0 Å². The molecule has 0 radical (unpaired) electrons. The Morgan fingerprint density at radius 1 is 1.50 bits per heavy atom. The molecule has 4 nitrogen and oxygen atoms in total. The third kappa shape index (κ3) is 4.49. The fraction of sp³-hybridized carbons (Fsp3) is 0.533. The van der Waals surface area contributed by atoms with Crippen LogP contribution in [-0.4, -0.2) is 29.8 Å². The molecule has 0 fully saturated rings. The van der Waals surface area contributed by atoms with Crippen LogP contribution in [0.5, 0.6) is 5.75 Å². The number of benzene rings is 1. The van der Waals surface area contributed by atoms with Gasteiger partial charge in [-0.15, -0.1) is 0 Å². The maximum atomic E-state index is 13.1. The first-order valence-corrected chi connectivity index (χ1v) is 6.76. The Bertz CT molecular complexity index is 464. The number of rotatable bonds is 8. The zero-order valence-corrected chi connectivity index (χ0v) is 12.2. The van der Waals surface area contributed by atoms with Crippen LogP contribution in [0, 0.1) is 12.7 Å². The first-order valence-electron chi connectivity index (χ1n) is 6.76. The van der Waals surface area contributed by atoms with Gasteiger partial charge in [0.15, 0.2) is 0 Å². The molecule has 0 amide bonds. The summed E-state index contributed by atoms with van der Waals surface area (Å²) in [4.78, 5) is 11.3. The minimum Gasteiger partial charge on any atom is -0.493 e. The lowest BCUT2D eigenvalue weighted by Crippen LogP contribution is -2.50. The van der Waals surface area contributed by atoms with Crippen molar-refractivity contribution in [2.45, 2.75) is 39.2 Å². The van der Waals surface area contributed by atoms with E-state index in [2.05, 4.69) is 5.32 Å². The minimum atomic E-state index is -1.01. The Hall–Kier alpha value is -1.62. The topological polar surface area (TPSA) is 58.6 Å². The van der Waals surface area contributed by atoms with Gasteiger partial charge in [0.05, 0.1) is 6.61 Å². The van der Waals surface area contributed by atoms with E-state index in [0.717, 1.165) is 6.42 Å². The third-order valence-electron chi connectivity index (χ3n) is 3.24. The lowest BCUT2D eigenvalue weighted by molar-refractivity contribution is -0.144. The van der Waals surface area contributed by atoms with Crippen molar-refractivity contribution in [3.8, 4) is 5.75 Å². The summed E-state index contributed by atoms with van der Waals surface area (Å²) in [5.74, 6) is -0.630. The number of nitrogens with one attached hydrogen (secondary N) is 1. The van der Waals surface area contributed by atoms with E-state index in [0.29, 0.717) is 24.3 Å². The number of aliphatic carboxylic acids is 1. The Morgan fingerprint density at radius 2 is 2.20 bits per heavy atom. The molecule has 112 valence electrons. The average molecular weight is 283 g/mol. The number of ether oxygens (including phenoxy) is 1. The molecule has 0 saturated heterocycles. The monoisotopic (exact) mass is 283 g/mol. The van der Waals surface area contributed by atoms with Gasteiger partial charge >= 0.3 is 5.97 Å². The largest absolute Gasteiger partial charge is 0.493 e. The summed E-state index contributed by atoms with van der Waals surface area (Å²) < 4.78 is 18.6. The standard InChI is InChI=1S/C15H22FNO3/c1-4-8-17-15(3,14(18)19)7-9-20-12-5-6-13(16)11(2)10-12/h5-6,10,17H,4,7-9H2,1-3H3,(H,18,19). The Kier molecular flexibility index (Phi) is 5.95. The quantitative estimate of drug-likeness (QED) is 0.770. The predicted molar refractivity (Wildman–Crippen MR) is 75.6 cm³/mol. The molecule has 0 aliphatic heterocycles. The van der Waals surface area contributed by atoms with E-state index in [1.54, 1.807) is 26.0 Å². The molecule has 20 heavy (non-hydrogen) atoms. The van der Waals surface area contributed by atoms with Gasteiger partial charge in [-0.25, -0.2) is 4.39 Å². The SMILES string of the molecule is CCCNC(C)(CCOc1ccc(F)c(C)c1)C(=O)O. The van der Waals surface area contributed by atoms with Crippen LogP contribution >= 0.6 is 0 Å². The number of hydrogen-bond acceptors (Lipinski definition) is 3. The van der Waals surface area contributed by atoms with Gasteiger partial charge in [-0.3, -0.25) is 4.79 Å². The molecule has 0 aliphatic rings. The zero-order chi connectivity index (χ0) is 15.2. The highest BCUT2D eigenvalue weighted by atomic mass is 19.1. The Labute approximate surface area is 119 Å². The maximum Gasteiger partial charge on any atom is 0.323 e. The van der Waals surface area contributed by atoms with Gasteiger partial charge in [0.25, 0.3) is 0 Å². The molecule has 0 heterocycles. The zero-order valence-electron chi connectivity index (χ0n) is 12.2. The van der Waals surface area contributed by atoms with Crippen LogP contribution in [0.3, 0.4) is 0 Å². The van der Waals surface area contributed by atoms with E-state index in [1.807, 2.05) is 6.92 Å². The van der Waals surface area contributed by atoms with Crippen molar-refractivity contribution in [3.63, 3.8) is 0 Å². The maximum absolute atomic E-state index is 13.1. The fourth-order valence-corrected chi connectivity index (χ4v) is 1.75. The summed E-state index contributed by atoms with van der Waals surface area (Å²) in [5.41, 5.74) is -0.502. The highest BCUT2D eigenvalue weighted by molar-refractivity contribution is 5.78. The fourth-order valence-electron chi connectivity index (χ4n) is 1.75. The highest BCUT2D eigenvalue weighted by Crippen LogP contribution is 2.17. The van der Waals surface area contributed by atoms with Crippen molar-refractivity contribution < 1.29 is 19.0 Å². The number of hydrogen-bond donors (Lipinski definition) is 2. The second kappa shape index (κ2) is 7.24. The molecule has 1 aromatic carbocycles. The van der Waals surface area contributed by atoms with E-state index in [4.69, 9.17) is 4.74 Å². The van der Waals surface area contributed by atoms with Gasteiger partial charge in [-0.1, -0.05) is 6.92 Å². The molecule has 1 atom stereocenters. The molecule has 1 aromatic rings. The predicted octanol–water partition coefficient (Wildman–Crippen LogP) is 2.75. The van der Waals surface area contributed by atoms with Crippen molar-refractivity contribution in [1.82, 2.24) is 5.32 Å². The first-order chi connectivity index (χ1) is 9.39. The summed E-state index contributed by atoms with van der Waals surface area (Å²) in [6.07, 6.45) is 1.19. The molecule has 0 aliphatic carbocycles. The summed E-state index contributed by atoms with van der Waals surface area (Å²) in [7, 11) is 0. The van der Waals surface area contributed by atoms with E-state index in [9.17, 15) is 14.3 Å². The molecular weight excluding hydrogens is 261 g/mol. The first kappa shape index (κ1) is 16.4. The van der Waals surface area contributed by atoms with Crippen LogP contribution in [0.1, 0.15) is 32.3 Å². The second-order valence-corrected chi connectivity index (χ2v) is 5.07. The van der Waals surface area contributed by atoms with Crippen LogP contribution in [0.2, 0.25) is 0 Å². The molecule has 0 spiro atoms. The summed E-state index contributed by atoms with van der Waals surface area (Å²) in [5, 5.41) is 12.3. The van der Waals surface area contributed by atoms with Crippen molar-refractivity contribution in [2.24, 2.45) is 0 Å². The lowest BCUT2D eigenvalue weighted by Gasteiger charge is -2.26. The van der Waals surface area contributed by atoms with Crippen LogP contribution in [0.4, 0.5) is 4.39 Å². The number of carbonyl (C=O) groups is 1. The van der Waals surface area contributed by atoms with Crippen LogP contribution in [-0.2, 0) is 4.79 Å². The van der Waals surface area contributed by atoms with E-state index in [-0.39, 0.29) is 12.4 Å². The van der Waals surface area contributed by atoms with Gasteiger partial charge in [0, 0.05) is 6.42 Å². The van der Waals surface area contributed by atoms with Crippen molar-refractivity contribution in [3.05, 3.63) is 29.6 Å². The van der Waals surface area contributed by atoms with E-state index < -0.39 is 11.5 Å². The van der Waals surface area contributed by atoms with E-state index >= 15 is 0 Å². The van der Waals surface area contributed by atoms with Crippen LogP contribution < -0.4 is 10.1 Å². The third-order valence-corrected chi connectivity index (χ3v) is 3.24. The molecule has 0 saturated carbocycles. The number of carboxylic acid groups (broad SMARTS) is 1. The Balaban J connectivity index is 2.55. The average Bonchev–Trinajstić information content (AvgIpc) is 2.40. The van der Waals surface area contributed by atoms with Crippen molar-refractivity contribution >= 4 is 5.97 Å². The summed E-state index contributed by atoms with van der Waals surface area (Å²) >= 11 is 0. The molecular formula is C15H22FNO3. The molecule has 2 N–H and O–H groups in total. The molecule has 5 heteroatoms. The summed E-state index contributed by atoms with van der Waals surface area (Å²) in [6.45, 7) is 6.17. The lowest BCUT2D eigenvalue weighted by atomic mass is 9.98. The van der Waals surface area contributed by atoms with Crippen LogP contribution in [0.25, 0.3) is 0 Å². The normalized spacial score (nSPS) is 13.8. The van der Waals surface area contributed by atoms with Gasteiger partial charge in [-0.05, 0) is 50.6 Å². The Morgan fingerprint density at radius 3 is 2.75 bits per heavy atom. The number of halogens is 1. The molecule has 1 unspecified atom stereocenters. The number of carboxylic acids is 1. The van der Waals surface area contributed by atoms with Crippen LogP contribution in [0.15, 0.2) is 18.2 Å². The van der Waals surface area contributed by atoms with Gasteiger partial charge in [0.2, 0.25) is 0 Å². The molecule has 1 rings (SSSR count). The van der Waals surface area contributed by atoms with Gasteiger partial charge in [0.1, 0.15) is 17.1 Å². The smallest absolute Gasteiger partial charge is 0.323 e. The van der Waals surface area contributed by atoms with Gasteiger partial charge < -0.3 is 15.2 Å². The second-order valence-electron chi connectivity index (χ2n) is 5.07.